The average molecular weight is 416 g/mol. The number of para-hydroxylation sites is 1. The fourth-order valence-corrected chi connectivity index (χ4v) is 4.06. The number of anilines is 3. The Bertz CT molecular complexity index is 802. The molecule has 1 unspecified atom stereocenters. The van der Waals surface area contributed by atoms with Gasteiger partial charge in [-0.3, -0.25) is 4.90 Å². The number of fused-ring (bicyclic) bond motifs is 1. The number of amides is 3. The highest BCUT2D eigenvalue weighted by molar-refractivity contribution is 6.01. The van der Waals surface area contributed by atoms with Gasteiger partial charge >= 0.3 is 12.1 Å². The van der Waals surface area contributed by atoms with E-state index < -0.39 is 5.60 Å². The predicted octanol–water partition coefficient (Wildman–Crippen LogP) is 3.95. The van der Waals surface area contributed by atoms with Gasteiger partial charge in [-0.1, -0.05) is 6.07 Å². The molecule has 0 radical (unpaired) electrons. The lowest BCUT2D eigenvalue weighted by molar-refractivity contribution is 0.0527. The van der Waals surface area contributed by atoms with Crippen molar-refractivity contribution in [1.29, 1.82) is 0 Å². The SMILES string of the molecule is CC(C)(C)OC(=O)NCCCCC1Nc2cccc(N3CCN(C4CC4)C3=O)c2N1. The van der Waals surface area contributed by atoms with E-state index in [0.29, 0.717) is 12.6 Å². The number of rotatable bonds is 7. The van der Waals surface area contributed by atoms with Gasteiger partial charge in [-0.2, -0.15) is 0 Å². The van der Waals surface area contributed by atoms with Crippen molar-refractivity contribution in [2.75, 3.05) is 35.2 Å². The molecule has 0 bridgehead atoms. The van der Waals surface area contributed by atoms with Crippen molar-refractivity contribution in [2.45, 2.75) is 70.7 Å². The van der Waals surface area contributed by atoms with Crippen molar-refractivity contribution in [3.63, 3.8) is 0 Å². The number of ether oxygens (including phenoxy) is 1. The van der Waals surface area contributed by atoms with Gasteiger partial charge in [0.2, 0.25) is 0 Å². The highest BCUT2D eigenvalue weighted by atomic mass is 16.6. The number of alkyl carbamates (subject to hydrolysis) is 1. The van der Waals surface area contributed by atoms with Crippen LogP contribution in [0, 0.1) is 0 Å². The third-order valence-electron chi connectivity index (χ3n) is 5.60. The van der Waals surface area contributed by atoms with Crippen molar-refractivity contribution >= 4 is 29.2 Å². The number of nitrogens with zero attached hydrogens (tertiary/aromatic N) is 2. The Hall–Kier alpha value is -2.64. The quantitative estimate of drug-likeness (QED) is 0.587. The number of nitrogens with one attached hydrogen (secondary N) is 3. The van der Waals surface area contributed by atoms with Gasteiger partial charge < -0.3 is 25.6 Å². The van der Waals surface area contributed by atoms with Crippen LogP contribution in [0.5, 0.6) is 0 Å². The van der Waals surface area contributed by atoms with Gasteiger partial charge in [-0.25, -0.2) is 9.59 Å². The van der Waals surface area contributed by atoms with E-state index in [0.717, 1.165) is 62.3 Å². The van der Waals surface area contributed by atoms with E-state index in [4.69, 9.17) is 4.74 Å². The molecule has 164 valence electrons. The first-order valence-electron chi connectivity index (χ1n) is 11.0. The molecule has 1 saturated heterocycles. The van der Waals surface area contributed by atoms with Gasteiger partial charge in [0.1, 0.15) is 5.60 Å². The van der Waals surface area contributed by atoms with Gasteiger partial charge in [0.25, 0.3) is 0 Å². The first-order chi connectivity index (χ1) is 14.3. The molecule has 0 aromatic heterocycles. The maximum Gasteiger partial charge on any atom is 0.407 e. The van der Waals surface area contributed by atoms with Crippen molar-refractivity contribution in [1.82, 2.24) is 10.2 Å². The number of benzene rings is 1. The Kier molecular flexibility index (Phi) is 5.66. The molecule has 30 heavy (non-hydrogen) atoms. The standard InChI is InChI=1S/C22H33N5O3/c1-22(2,3)30-20(28)23-12-5-4-9-18-24-16-7-6-8-17(19(16)25-18)27-14-13-26(21(27)29)15-10-11-15/h6-8,15,18,24-25H,4-5,9-14H2,1-3H3,(H,23,28). The fourth-order valence-electron chi connectivity index (χ4n) is 4.06. The molecular weight excluding hydrogens is 382 g/mol. The van der Waals surface area contributed by atoms with E-state index in [1.54, 1.807) is 0 Å². The van der Waals surface area contributed by atoms with Crippen LogP contribution in [0.25, 0.3) is 0 Å². The lowest BCUT2D eigenvalue weighted by Crippen LogP contribution is -2.33. The van der Waals surface area contributed by atoms with Gasteiger partial charge in [0.05, 0.1) is 23.2 Å². The molecule has 1 aliphatic carbocycles. The maximum absolute atomic E-state index is 12.8. The van der Waals surface area contributed by atoms with Crippen molar-refractivity contribution < 1.29 is 14.3 Å². The van der Waals surface area contributed by atoms with Crippen LogP contribution in [0.15, 0.2) is 18.2 Å². The lowest BCUT2D eigenvalue weighted by Gasteiger charge is -2.21. The van der Waals surface area contributed by atoms with Crippen molar-refractivity contribution in [3.8, 4) is 0 Å². The second-order valence-corrected chi connectivity index (χ2v) is 9.32. The molecule has 2 aliphatic heterocycles. The monoisotopic (exact) mass is 415 g/mol. The summed E-state index contributed by atoms with van der Waals surface area (Å²) in [6.45, 7) is 7.72. The first-order valence-corrected chi connectivity index (χ1v) is 11.0. The zero-order valence-corrected chi connectivity index (χ0v) is 18.2. The molecule has 3 N–H and O–H groups in total. The Balaban J connectivity index is 1.25. The number of unbranched alkanes of at least 4 members (excludes halogenated alkanes) is 1. The summed E-state index contributed by atoms with van der Waals surface area (Å²) in [5.41, 5.74) is 2.54. The van der Waals surface area contributed by atoms with Crippen LogP contribution < -0.4 is 20.9 Å². The van der Waals surface area contributed by atoms with E-state index in [-0.39, 0.29) is 18.3 Å². The Morgan fingerprint density at radius 1 is 1.20 bits per heavy atom. The maximum atomic E-state index is 12.8. The Morgan fingerprint density at radius 3 is 2.73 bits per heavy atom. The van der Waals surface area contributed by atoms with Crippen LogP contribution in [0.1, 0.15) is 52.9 Å². The van der Waals surface area contributed by atoms with Crippen molar-refractivity contribution in [2.24, 2.45) is 0 Å². The molecule has 1 saturated carbocycles. The van der Waals surface area contributed by atoms with Crippen molar-refractivity contribution in [3.05, 3.63) is 18.2 Å². The summed E-state index contributed by atoms with van der Waals surface area (Å²) in [4.78, 5) is 28.4. The van der Waals surface area contributed by atoms with Crippen LogP contribution >= 0.6 is 0 Å². The van der Waals surface area contributed by atoms with Crippen LogP contribution in [0.2, 0.25) is 0 Å². The molecule has 2 fully saturated rings. The fraction of sp³-hybridized carbons (Fsp3) is 0.636. The molecule has 1 atom stereocenters. The number of hydrogen-bond donors (Lipinski definition) is 3. The number of carbonyl (C=O) groups excluding carboxylic acids is 2. The first kappa shape index (κ1) is 20.6. The highest BCUT2D eigenvalue weighted by Gasteiger charge is 2.40. The molecule has 0 spiro atoms. The molecule has 2 heterocycles. The summed E-state index contributed by atoms with van der Waals surface area (Å²) in [6, 6.07) is 6.66. The number of urea groups is 1. The summed E-state index contributed by atoms with van der Waals surface area (Å²) < 4.78 is 5.25. The number of carbonyl (C=O) groups is 2. The largest absolute Gasteiger partial charge is 0.444 e. The lowest BCUT2D eigenvalue weighted by atomic mass is 10.2. The summed E-state index contributed by atoms with van der Waals surface area (Å²) in [6.07, 6.45) is 4.79. The van der Waals surface area contributed by atoms with Gasteiger partial charge in [-0.05, 0) is 65.0 Å². The predicted molar refractivity (Wildman–Crippen MR) is 118 cm³/mol. The molecule has 1 aromatic carbocycles. The average Bonchev–Trinajstić information content (AvgIpc) is 3.30. The topological polar surface area (TPSA) is 85.9 Å². The Labute approximate surface area is 178 Å². The zero-order valence-electron chi connectivity index (χ0n) is 18.2. The van der Waals surface area contributed by atoms with E-state index in [1.165, 1.54) is 0 Å². The van der Waals surface area contributed by atoms with E-state index in [1.807, 2.05) is 42.7 Å². The van der Waals surface area contributed by atoms with Crippen LogP contribution in [0.4, 0.5) is 26.7 Å². The van der Waals surface area contributed by atoms with Gasteiger partial charge in [-0.15, -0.1) is 0 Å². The highest BCUT2D eigenvalue weighted by Crippen LogP contribution is 2.41. The molecule has 3 amide bonds. The third kappa shape index (κ3) is 4.74. The molecule has 8 heteroatoms. The molecule has 3 aliphatic rings. The van der Waals surface area contributed by atoms with Gasteiger partial charge in [0.15, 0.2) is 0 Å². The van der Waals surface area contributed by atoms with E-state index in [2.05, 4.69) is 22.0 Å². The molecular formula is C22H33N5O3. The van der Waals surface area contributed by atoms with Crippen LogP contribution in [0.3, 0.4) is 0 Å². The Morgan fingerprint density at radius 2 is 2.00 bits per heavy atom. The minimum Gasteiger partial charge on any atom is -0.444 e. The molecule has 8 nitrogen and oxygen atoms in total. The minimum atomic E-state index is -0.475. The van der Waals surface area contributed by atoms with Gasteiger partial charge in [0, 0.05) is 25.7 Å². The molecule has 4 rings (SSSR count). The minimum absolute atomic E-state index is 0.125. The van der Waals surface area contributed by atoms with E-state index >= 15 is 0 Å². The van der Waals surface area contributed by atoms with E-state index in [9.17, 15) is 9.59 Å². The zero-order chi connectivity index (χ0) is 21.3. The smallest absolute Gasteiger partial charge is 0.407 e. The molecule has 1 aromatic rings. The summed E-state index contributed by atoms with van der Waals surface area (Å²) in [7, 11) is 0. The van der Waals surface area contributed by atoms with Crippen LogP contribution in [-0.4, -0.2) is 54.5 Å². The summed E-state index contributed by atoms with van der Waals surface area (Å²) in [5, 5.41) is 9.87. The summed E-state index contributed by atoms with van der Waals surface area (Å²) in [5.74, 6) is 0. The summed E-state index contributed by atoms with van der Waals surface area (Å²) >= 11 is 0. The second kappa shape index (κ2) is 8.24. The number of hydrogen-bond acceptors (Lipinski definition) is 5. The second-order valence-electron chi connectivity index (χ2n) is 9.32. The normalized spacial score (nSPS) is 20.6. The third-order valence-corrected chi connectivity index (χ3v) is 5.60. The van der Waals surface area contributed by atoms with Crippen LogP contribution in [-0.2, 0) is 4.74 Å².